The molecule has 0 spiro atoms. The van der Waals surface area contributed by atoms with Crippen LogP contribution in [-0.4, -0.2) is 0 Å². The van der Waals surface area contributed by atoms with Crippen molar-refractivity contribution in [3.8, 4) is 0 Å². The summed E-state index contributed by atoms with van der Waals surface area (Å²) in [4.78, 5) is 0. The Hall–Kier alpha value is 2.28. The van der Waals surface area contributed by atoms with E-state index in [1.165, 1.54) is 0 Å². The second-order valence-electron chi connectivity index (χ2n) is 0.639. The van der Waals surface area contributed by atoms with Gasteiger partial charge in [0.15, 0.2) is 0 Å². The molecule has 0 heterocycles. The molecule has 0 radical (unpaired) electrons. The molecule has 0 unspecified atom stereocenters. The summed E-state index contributed by atoms with van der Waals surface area (Å²) in [7, 11) is 0. The standard InChI is InChI=1S/Br4FP/c1-6(2,3,4)5. The van der Waals surface area contributed by atoms with Crippen LogP contribution in [0.4, 0.5) is 4.20 Å². The second-order valence-corrected chi connectivity index (χ2v) is 35.0. The Morgan fingerprint density at radius 2 is 1.00 bits per heavy atom. The average molecular weight is 370 g/mol. The molecule has 0 saturated heterocycles. The number of hydrogen-bond acceptors (Lipinski definition) is 0. The molecule has 40 valence electrons. The number of halogens is 5. The summed E-state index contributed by atoms with van der Waals surface area (Å²) in [5.74, 6) is 0. The van der Waals surface area contributed by atoms with Crippen LogP contribution in [0.1, 0.15) is 0 Å². The number of hydrogen-bond donors (Lipinski definition) is 0. The summed E-state index contributed by atoms with van der Waals surface area (Å²) in [6, 6.07) is 0. The van der Waals surface area contributed by atoms with Crippen molar-refractivity contribution < 1.29 is 4.20 Å². The van der Waals surface area contributed by atoms with Crippen LogP contribution in [0.5, 0.6) is 0 Å². The molecule has 0 fully saturated rings. The van der Waals surface area contributed by atoms with Crippen molar-refractivity contribution in [3.63, 3.8) is 0 Å². The molecule has 0 aromatic carbocycles. The molecular weight excluding hydrogens is 370 g/mol. The van der Waals surface area contributed by atoms with Crippen molar-refractivity contribution in [2.45, 2.75) is 0 Å². The van der Waals surface area contributed by atoms with Gasteiger partial charge in [-0.3, -0.25) is 0 Å². The van der Waals surface area contributed by atoms with Crippen LogP contribution in [0.25, 0.3) is 0 Å². The van der Waals surface area contributed by atoms with E-state index in [0.717, 1.165) is 0 Å². The van der Waals surface area contributed by atoms with Crippen LogP contribution in [0.2, 0.25) is 0 Å². The quantitative estimate of drug-likeness (QED) is 0.545. The molecule has 6 heavy (non-hydrogen) atoms. The Morgan fingerprint density at radius 3 is 1.00 bits per heavy atom. The van der Waals surface area contributed by atoms with Crippen molar-refractivity contribution >= 4 is 63.7 Å². The molecule has 0 nitrogen and oxygen atoms in total. The molecule has 6 heteroatoms. The minimum atomic E-state index is -3.30. The fraction of sp³-hybridized carbons (Fsp3) is 0. The summed E-state index contributed by atoms with van der Waals surface area (Å²) in [6.07, 6.45) is 0. The molecule has 0 atom stereocenters. The van der Waals surface area contributed by atoms with E-state index in [-0.39, 0.29) is 0 Å². The Morgan fingerprint density at radius 1 is 1.00 bits per heavy atom. The van der Waals surface area contributed by atoms with Gasteiger partial charge in [-0.1, -0.05) is 0 Å². The zero-order valence-electron chi connectivity index (χ0n) is 2.34. The van der Waals surface area contributed by atoms with Crippen LogP contribution in [0, 0.1) is 0 Å². The minimum absolute atomic E-state index is 2.69. The van der Waals surface area contributed by atoms with Gasteiger partial charge in [-0.05, 0) is 0 Å². The van der Waals surface area contributed by atoms with Gasteiger partial charge in [-0.15, -0.1) is 0 Å². The molecule has 0 aliphatic rings. The summed E-state index contributed by atoms with van der Waals surface area (Å²) in [5, 5.41) is 0. The van der Waals surface area contributed by atoms with Gasteiger partial charge in [-0.2, -0.15) is 0 Å². The zero-order valence-corrected chi connectivity index (χ0v) is 9.58. The maximum absolute atomic E-state index is 12.2. The van der Waals surface area contributed by atoms with E-state index in [1.807, 2.05) is 0 Å². The van der Waals surface area contributed by atoms with Crippen molar-refractivity contribution in [3.05, 3.63) is 0 Å². The normalized spacial score (nSPS) is 19.2. The van der Waals surface area contributed by atoms with Crippen LogP contribution < -0.4 is 0 Å². The first-order valence-corrected chi connectivity index (χ1v) is 11.0. The average Bonchev–Trinajstić information content (AvgIpc) is 0.650. The first kappa shape index (κ1) is 8.28. The third kappa shape index (κ3) is 33.7. The van der Waals surface area contributed by atoms with Gasteiger partial charge >= 0.3 is 67.9 Å². The maximum atomic E-state index is 12.2. The molecular formula is Br4FP. The second kappa shape index (κ2) is 1.90. The van der Waals surface area contributed by atoms with Gasteiger partial charge in [0.1, 0.15) is 0 Å². The van der Waals surface area contributed by atoms with E-state index in [4.69, 9.17) is 0 Å². The predicted molar refractivity (Wildman–Crippen MR) is 43.7 cm³/mol. The van der Waals surface area contributed by atoms with Crippen LogP contribution in [0.15, 0.2) is 0 Å². The Bertz CT molecular complexity index is 40.7. The van der Waals surface area contributed by atoms with Crippen LogP contribution >= 0.6 is 63.7 Å². The van der Waals surface area contributed by atoms with Crippen LogP contribution in [0.3, 0.4) is 0 Å². The summed E-state index contributed by atoms with van der Waals surface area (Å²) >= 11 is 10.8. The molecule has 0 bridgehead atoms. The fourth-order valence-electron chi connectivity index (χ4n) is 0. The molecule has 0 aromatic rings. The molecule has 0 aliphatic carbocycles. The topological polar surface area (TPSA) is 0 Å². The zero-order chi connectivity index (χ0) is 5.45. The first-order chi connectivity index (χ1) is 2.24. The molecule has 0 N–H and O–H groups in total. The number of rotatable bonds is 0. The van der Waals surface area contributed by atoms with Gasteiger partial charge in [0.2, 0.25) is 0 Å². The van der Waals surface area contributed by atoms with Crippen molar-refractivity contribution in [2.24, 2.45) is 0 Å². The van der Waals surface area contributed by atoms with E-state index in [9.17, 15) is 4.20 Å². The SMILES string of the molecule is FP(Br)(Br)(Br)Br. The van der Waals surface area contributed by atoms with Crippen molar-refractivity contribution in [1.82, 2.24) is 0 Å². The summed E-state index contributed by atoms with van der Waals surface area (Å²) < 4.78 is 8.87. The summed E-state index contributed by atoms with van der Waals surface area (Å²) in [5.41, 5.74) is 0. The third-order valence-electron chi connectivity index (χ3n) is 0. The van der Waals surface area contributed by atoms with E-state index in [2.05, 4.69) is 62.0 Å². The van der Waals surface area contributed by atoms with E-state index < -0.39 is 1.72 Å². The van der Waals surface area contributed by atoms with Gasteiger partial charge in [-0.25, -0.2) is 0 Å². The van der Waals surface area contributed by atoms with E-state index >= 15 is 0 Å². The van der Waals surface area contributed by atoms with Gasteiger partial charge in [0.25, 0.3) is 0 Å². The molecule has 0 aromatic heterocycles. The van der Waals surface area contributed by atoms with Gasteiger partial charge < -0.3 is 0 Å². The molecule has 0 rings (SSSR count). The Labute approximate surface area is 67.2 Å². The predicted octanol–water partition coefficient (Wildman–Crippen LogP) is 4.66. The fourth-order valence-corrected chi connectivity index (χ4v) is 0. The van der Waals surface area contributed by atoms with Gasteiger partial charge in [0.05, 0.1) is 0 Å². The Kier molecular flexibility index (Phi) is 2.63. The Balaban J connectivity index is 3.73. The van der Waals surface area contributed by atoms with E-state index in [0.29, 0.717) is 0 Å². The molecule has 0 saturated carbocycles. The van der Waals surface area contributed by atoms with Crippen molar-refractivity contribution in [2.75, 3.05) is 0 Å². The summed E-state index contributed by atoms with van der Waals surface area (Å²) in [6.45, 7) is 0. The van der Waals surface area contributed by atoms with Crippen LogP contribution in [-0.2, 0) is 0 Å². The van der Waals surface area contributed by atoms with E-state index in [1.54, 1.807) is 0 Å². The monoisotopic (exact) mass is 366 g/mol. The first-order valence-electron chi connectivity index (χ1n) is 0.845. The third-order valence-corrected chi connectivity index (χ3v) is 0. The van der Waals surface area contributed by atoms with Crippen molar-refractivity contribution in [1.29, 1.82) is 0 Å². The molecule has 0 amide bonds. The molecule has 0 aliphatic heterocycles. The van der Waals surface area contributed by atoms with Gasteiger partial charge in [0, 0.05) is 0 Å².